The standard InChI is InChI=1S/C21H20F3N3O5S/c1-33(30,31)26-11-14(12-26)27-18(16-4-2-3-5-17(16)20(27)29)19(28)25-10-13-6-8-15(9-7-13)32-21(22,23)24/h2-9,14,18H,10-12H2,1H3,(H,25,28). The number of rotatable bonds is 6. The largest absolute Gasteiger partial charge is 0.573 e. The van der Waals surface area contributed by atoms with Crippen LogP contribution in [0.5, 0.6) is 5.75 Å². The minimum Gasteiger partial charge on any atom is -0.406 e. The zero-order chi connectivity index (χ0) is 24.0. The second-order valence-electron chi connectivity index (χ2n) is 7.85. The van der Waals surface area contributed by atoms with Gasteiger partial charge in [-0.1, -0.05) is 30.3 Å². The molecule has 0 radical (unpaired) electrons. The molecule has 1 atom stereocenters. The van der Waals surface area contributed by atoms with Crippen molar-refractivity contribution in [2.24, 2.45) is 0 Å². The molecule has 176 valence electrons. The minimum atomic E-state index is -4.80. The Kier molecular flexibility index (Phi) is 5.83. The molecule has 2 amide bonds. The van der Waals surface area contributed by atoms with Gasteiger partial charge >= 0.3 is 6.36 Å². The summed E-state index contributed by atoms with van der Waals surface area (Å²) in [6.45, 7) is 0.220. The molecule has 1 fully saturated rings. The van der Waals surface area contributed by atoms with Crippen molar-refractivity contribution >= 4 is 21.8 Å². The average Bonchev–Trinajstić information content (AvgIpc) is 2.97. The van der Waals surface area contributed by atoms with E-state index in [0.717, 1.165) is 18.4 Å². The second-order valence-corrected chi connectivity index (χ2v) is 9.83. The number of sulfonamides is 1. The van der Waals surface area contributed by atoms with Gasteiger partial charge in [0, 0.05) is 25.2 Å². The third-order valence-corrected chi connectivity index (χ3v) is 6.80. The SMILES string of the molecule is CS(=O)(=O)N1CC(N2C(=O)c3ccccc3C2C(=O)NCc2ccc(OC(F)(F)F)cc2)C1. The summed E-state index contributed by atoms with van der Waals surface area (Å²) >= 11 is 0. The van der Waals surface area contributed by atoms with Crippen LogP contribution in [0.4, 0.5) is 13.2 Å². The summed E-state index contributed by atoms with van der Waals surface area (Å²) in [5.74, 6) is -1.20. The summed E-state index contributed by atoms with van der Waals surface area (Å²) in [6, 6.07) is 10.4. The molecule has 33 heavy (non-hydrogen) atoms. The summed E-state index contributed by atoms with van der Waals surface area (Å²) < 4.78 is 65.4. The van der Waals surface area contributed by atoms with Crippen molar-refractivity contribution < 1.29 is 35.9 Å². The number of fused-ring (bicyclic) bond motifs is 1. The van der Waals surface area contributed by atoms with Crippen LogP contribution >= 0.6 is 0 Å². The van der Waals surface area contributed by atoms with Crippen LogP contribution in [0, 0.1) is 0 Å². The number of alkyl halides is 3. The molecule has 0 spiro atoms. The fraction of sp³-hybridized carbons (Fsp3) is 0.333. The van der Waals surface area contributed by atoms with Gasteiger partial charge in [0.15, 0.2) is 0 Å². The van der Waals surface area contributed by atoms with Crippen LogP contribution in [0.15, 0.2) is 48.5 Å². The average molecular weight is 483 g/mol. The Hall–Kier alpha value is -3.12. The predicted molar refractivity (Wildman–Crippen MR) is 111 cm³/mol. The molecule has 12 heteroatoms. The Morgan fingerprint density at radius 1 is 1.12 bits per heavy atom. The van der Waals surface area contributed by atoms with Crippen LogP contribution in [0.25, 0.3) is 0 Å². The highest BCUT2D eigenvalue weighted by Crippen LogP contribution is 2.38. The first-order valence-electron chi connectivity index (χ1n) is 9.93. The number of carbonyl (C=O) groups is 2. The highest BCUT2D eigenvalue weighted by atomic mass is 32.2. The molecule has 0 saturated carbocycles. The highest BCUT2D eigenvalue weighted by Gasteiger charge is 2.49. The third kappa shape index (κ3) is 4.81. The van der Waals surface area contributed by atoms with E-state index in [1.807, 2.05) is 0 Å². The molecule has 0 aromatic heterocycles. The molecule has 2 aliphatic rings. The normalized spacial score (nSPS) is 19.2. The number of carbonyl (C=O) groups excluding carboxylic acids is 2. The third-order valence-electron chi connectivity index (χ3n) is 5.56. The minimum absolute atomic E-state index is 0.0198. The van der Waals surface area contributed by atoms with Gasteiger partial charge in [0.05, 0.1) is 12.3 Å². The van der Waals surface area contributed by atoms with Crippen LogP contribution < -0.4 is 10.1 Å². The first kappa shape index (κ1) is 23.1. The Bertz CT molecular complexity index is 1180. The molecule has 2 aliphatic heterocycles. The molecule has 0 aliphatic carbocycles. The molecule has 1 unspecified atom stereocenters. The fourth-order valence-corrected chi connectivity index (χ4v) is 4.82. The van der Waals surface area contributed by atoms with Crippen molar-refractivity contribution in [3.05, 3.63) is 65.2 Å². The topological polar surface area (TPSA) is 96.0 Å². The van der Waals surface area contributed by atoms with Gasteiger partial charge in [0.25, 0.3) is 5.91 Å². The molecule has 8 nitrogen and oxygen atoms in total. The number of benzene rings is 2. The summed E-state index contributed by atoms with van der Waals surface area (Å²) in [7, 11) is -3.40. The number of amides is 2. The van der Waals surface area contributed by atoms with Crippen molar-refractivity contribution in [2.75, 3.05) is 19.3 Å². The first-order chi connectivity index (χ1) is 15.4. The number of nitrogens with one attached hydrogen (secondary N) is 1. The van der Waals surface area contributed by atoms with Gasteiger partial charge in [-0.2, -0.15) is 4.31 Å². The number of hydrogen-bond acceptors (Lipinski definition) is 5. The Morgan fingerprint density at radius 2 is 1.76 bits per heavy atom. The molecule has 1 N–H and O–H groups in total. The lowest BCUT2D eigenvalue weighted by molar-refractivity contribution is -0.274. The van der Waals surface area contributed by atoms with Crippen molar-refractivity contribution in [1.29, 1.82) is 0 Å². The van der Waals surface area contributed by atoms with E-state index in [4.69, 9.17) is 0 Å². The molecular formula is C21H20F3N3O5S. The summed E-state index contributed by atoms with van der Waals surface area (Å²) in [4.78, 5) is 27.5. The molecule has 1 saturated heterocycles. The summed E-state index contributed by atoms with van der Waals surface area (Å²) in [5, 5.41) is 2.72. The van der Waals surface area contributed by atoms with Crippen LogP contribution in [0.3, 0.4) is 0 Å². The zero-order valence-corrected chi connectivity index (χ0v) is 18.2. The first-order valence-corrected chi connectivity index (χ1v) is 11.8. The van der Waals surface area contributed by atoms with E-state index in [2.05, 4.69) is 10.1 Å². The maximum atomic E-state index is 13.1. The van der Waals surface area contributed by atoms with Crippen LogP contribution in [-0.4, -0.2) is 61.2 Å². The monoisotopic (exact) mass is 483 g/mol. The van der Waals surface area contributed by atoms with Gasteiger partial charge in [-0.05, 0) is 29.3 Å². The van der Waals surface area contributed by atoms with Gasteiger partial charge in [-0.3, -0.25) is 9.59 Å². The second kappa shape index (κ2) is 8.34. The number of ether oxygens (including phenoxy) is 1. The van der Waals surface area contributed by atoms with Gasteiger partial charge in [-0.15, -0.1) is 13.2 Å². The summed E-state index contributed by atoms with van der Waals surface area (Å²) in [5.41, 5.74) is 1.43. The van der Waals surface area contributed by atoms with Gasteiger partial charge in [-0.25, -0.2) is 8.42 Å². The lowest BCUT2D eigenvalue weighted by Crippen LogP contribution is -2.62. The fourth-order valence-electron chi connectivity index (χ4n) is 3.94. The Balaban J connectivity index is 1.48. The van der Waals surface area contributed by atoms with Gasteiger partial charge < -0.3 is 15.0 Å². The molecule has 2 heterocycles. The van der Waals surface area contributed by atoms with Gasteiger partial charge in [0.1, 0.15) is 11.8 Å². The van der Waals surface area contributed by atoms with E-state index in [9.17, 15) is 31.2 Å². The van der Waals surface area contributed by atoms with E-state index in [1.165, 1.54) is 21.3 Å². The number of hydrogen-bond donors (Lipinski definition) is 1. The molecule has 2 aromatic carbocycles. The van der Waals surface area contributed by atoms with E-state index < -0.39 is 34.4 Å². The van der Waals surface area contributed by atoms with Crippen LogP contribution in [0.2, 0.25) is 0 Å². The highest BCUT2D eigenvalue weighted by molar-refractivity contribution is 7.88. The van der Waals surface area contributed by atoms with Crippen molar-refractivity contribution in [1.82, 2.24) is 14.5 Å². The number of halogens is 3. The molecular weight excluding hydrogens is 463 g/mol. The van der Waals surface area contributed by atoms with E-state index >= 15 is 0 Å². The zero-order valence-electron chi connectivity index (χ0n) is 17.4. The maximum Gasteiger partial charge on any atom is 0.573 e. The molecule has 4 rings (SSSR count). The van der Waals surface area contributed by atoms with Crippen LogP contribution in [-0.2, 0) is 21.4 Å². The van der Waals surface area contributed by atoms with E-state index in [1.54, 1.807) is 24.3 Å². The predicted octanol–water partition coefficient (Wildman–Crippen LogP) is 2.04. The van der Waals surface area contributed by atoms with Gasteiger partial charge in [0.2, 0.25) is 15.9 Å². The molecule has 0 bridgehead atoms. The Morgan fingerprint density at radius 3 is 2.36 bits per heavy atom. The van der Waals surface area contributed by atoms with Crippen molar-refractivity contribution in [3.63, 3.8) is 0 Å². The lowest BCUT2D eigenvalue weighted by atomic mass is 10.0. The Labute approximate surface area is 188 Å². The summed E-state index contributed by atoms with van der Waals surface area (Å²) in [6.07, 6.45) is -3.71. The lowest BCUT2D eigenvalue weighted by Gasteiger charge is -2.44. The number of nitrogens with zero attached hydrogens (tertiary/aromatic N) is 2. The van der Waals surface area contributed by atoms with Crippen LogP contribution in [0.1, 0.15) is 27.5 Å². The molecule has 2 aromatic rings. The maximum absolute atomic E-state index is 13.1. The van der Waals surface area contributed by atoms with E-state index in [0.29, 0.717) is 16.7 Å². The van der Waals surface area contributed by atoms with Crippen molar-refractivity contribution in [2.45, 2.75) is 25.0 Å². The van der Waals surface area contributed by atoms with E-state index in [-0.39, 0.29) is 31.3 Å². The van der Waals surface area contributed by atoms with Crippen molar-refractivity contribution in [3.8, 4) is 5.75 Å². The smallest absolute Gasteiger partial charge is 0.406 e. The quantitative estimate of drug-likeness (QED) is 0.679.